The Kier molecular flexibility index (Phi) is 6.57. The molecule has 6 nitrogen and oxygen atoms in total. The van der Waals surface area contributed by atoms with Gasteiger partial charge in [0.2, 0.25) is 0 Å². The lowest BCUT2D eigenvalue weighted by Gasteiger charge is -2.27. The lowest BCUT2D eigenvalue weighted by molar-refractivity contribution is -0.141. The summed E-state index contributed by atoms with van der Waals surface area (Å²) >= 11 is 0. The van der Waals surface area contributed by atoms with Crippen LogP contribution in [-0.4, -0.2) is 52.3 Å². The second kappa shape index (κ2) is 7.11. The number of hydrogen-bond donors (Lipinski definition) is 3. The number of amides is 2. The van der Waals surface area contributed by atoms with Crippen molar-refractivity contribution in [2.75, 3.05) is 7.05 Å². The van der Waals surface area contributed by atoms with Crippen molar-refractivity contribution < 1.29 is 19.8 Å². The van der Waals surface area contributed by atoms with Crippen LogP contribution in [0.2, 0.25) is 0 Å². The topological polar surface area (TPSA) is 89.9 Å². The van der Waals surface area contributed by atoms with Gasteiger partial charge in [0.25, 0.3) is 0 Å². The van der Waals surface area contributed by atoms with Gasteiger partial charge in [-0.1, -0.05) is 13.3 Å². The van der Waals surface area contributed by atoms with E-state index in [1.54, 1.807) is 7.05 Å². The first-order chi connectivity index (χ1) is 7.81. The Bertz CT molecular complexity index is 268. The second-order valence-corrected chi connectivity index (χ2v) is 4.25. The van der Waals surface area contributed by atoms with Crippen LogP contribution in [0, 0.1) is 0 Å². The molecule has 0 aromatic carbocycles. The molecule has 3 N–H and O–H groups in total. The van der Waals surface area contributed by atoms with Crippen molar-refractivity contribution in [3.05, 3.63) is 0 Å². The standard InChI is InChI=1S/C11H22N2O4/c1-5-6-7(2)13(4)11(17)12-9(8(3)14)10(15)16/h7-9,14H,5-6H2,1-4H3,(H,12,17)(H,15,16)/t7?,8-,9+/m1/s1. The fourth-order valence-electron chi connectivity index (χ4n) is 1.44. The molecule has 0 bridgehead atoms. The molecule has 17 heavy (non-hydrogen) atoms. The van der Waals surface area contributed by atoms with E-state index in [9.17, 15) is 14.7 Å². The maximum atomic E-state index is 11.7. The number of nitrogens with zero attached hydrogens (tertiary/aromatic N) is 1. The Morgan fingerprint density at radius 2 is 1.88 bits per heavy atom. The summed E-state index contributed by atoms with van der Waals surface area (Å²) in [5.41, 5.74) is 0. The second-order valence-electron chi connectivity index (χ2n) is 4.25. The van der Waals surface area contributed by atoms with Gasteiger partial charge in [-0.05, 0) is 20.3 Å². The van der Waals surface area contributed by atoms with Crippen LogP contribution in [-0.2, 0) is 4.79 Å². The van der Waals surface area contributed by atoms with Gasteiger partial charge in [0.15, 0.2) is 6.04 Å². The Morgan fingerprint density at radius 1 is 1.35 bits per heavy atom. The number of aliphatic hydroxyl groups is 1. The highest BCUT2D eigenvalue weighted by Gasteiger charge is 2.27. The van der Waals surface area contributed by atoms with Gasteiger partial charge >= 0.3 is 12.0 Å². The van der Waals surface area contributed by atoms with Crippen molar-refractivity contribution in [3.63, 3.8) is 0 Å². The van der Waals surface area contributed by atoms with Crippen LogP contribution in [0.15, 0.2) is 0 Å². The quantitative estimate of drug-likeness (QED) is 0.642. The van der Waals surface area contributed by atoms with Crippen LogP contribution >= 0.6 is 0 Å². The van der Waals surface area contributed by atoms with E-state index < -0.39 is 24.1 Å². The van der Waals surface area contributed by atoms with Crippen molar-refractivity contribution in [1.82, 2.24) is 10.2 Å². The largest absolute Gasteiger partial charge is 0.480 e. The summed E-state index contributed by atoms with van der Waals surface area (Å²) in [5.74, 6) is -1.25. The summed E-state index contributed by atoms with van der Waals surface area (Å²) in [5, 5.41) is 20.4. The van der Waals surface area contributed by atoms with Gasteiger partial charge in [0.05, 0.1) is 6.10 Å². The van der Waals surface area contributed by atoms with Gasteiger partial charge in [-0.25, -0.2) is 9.59 Å². The molecule has 0 aromatic heterocycles. The fourth-order valence-corrected chi connectivity index (χ4v) is 1.44. The number of carboxylic acids is 1. The highest BCUT2D eigenvalue weighted by Crippen LogP contribution is 2.05. The lowest BCUT2D eigenvalue weighted by Crippen LogP contribution is -2.53. The van der Waals surface area contributed by atoms with Gasteiger partial charge in [-0.3, -0.25) is 0 Å². The number of aliphatic hydroxyl groups excluding tert-OH is 1. The number of hydrogen-bond acceptors (Lipinski definition) is 3. The van der Waals surface area contributed by atoms with E-state index in [1.165, 1.54) is 11.8 Å². The smallest absolute Gasteiger partial charge is 0.328 e. The molecule has 0 fully saturated rings. The summed E-state index contributed by atoms with van der Waals surface area (Å²) in [7, 11) is 1.61. The number of carboxylic acid groups (broad SMARTS) is 1. The third-order valence-corrected chi connectivity index (χ3v) is 2.72. The Morgan fingerprint density at radius 3 is 2.24 bits per heavy atom. The highest BCUT2D eigenvalue weighted by atomic mass is 16.4. The van der Waals surface area contributed by atoms with Gasteiger partial charge < -0.3 is 20.4 Å². The molecule has 2 amide bonds. The third-order valence-electron chi connectivity index (χ3n) is 2.72. The van der Waals surface area contributed by atoms with Gasteiger partial charge in [-0.2, -0.15) is 0 Å². The van der Waals surface area contributed by atoms with E-state index in [0.717, 1.165) is 12.8 Å². The van der Waals surface area contributed by atoms with Gasteiger partial charge in [-0.15, -0.1) is 0 Å². The highest BCUT2D eigenvalue weighted by molar-refractivity contribution is 5.83. The first-order valence-corrected chi connectivity index (χ1v) is 5.75. The molecule has 3 atom stereocenters. The molecule has 100 valence electrons. The molecule has 0 aliphatic heterocycles. The van der Waals surface area contributed by atoms with Crippen molar-refractivity contribution in [2.24, 2.45) is 0 Å². The molecule has 0 aliphatic carbocycles. The molecule has 0 aliphatic rings. The number of rotatable bonds is 6. The number of carbonyl (C=O) groups excluding carboxylic acids is 1. The molecule has 0 radical (unpaired) electrons. The van der Waals surface area contributed by atoms with Crippen molar-refractivity contribution in [1.29, 1.82) is 0 Å². The normalized spacial score (nSPS) is 15.8. The zero-order valence-electron chi connectivity index (χ0n) is 10.8. The third kappa shape index (κ3) is 5.04. The summed E-state index contributed by atoms with van der Waals surface area (Å²) in [6, 6.07) is -1.73. The van der Waals surface area contributed by atoms with E-state index in [4.69, 9.17) is 5.11 Å². The van der Waals surface area contributed by atoms with Crippen LogP contribution in [0.25, 0.3) is 0 Å². The zero-order valence-corrected chi connectivity index (χ0v) is 10.8. The average molecular weight is 246 g/mol. The van der Waals surface area contributed by atoms with E-state index in [2.05, 4.69) is 5.32 Å². The van der Waals surface area contributed by atoms with Crippen LogP contribution in [0.4, 0.5) is 4.79 Å². The molecular formula is C11H22N2O4. The van der Waals surface area contributed by atoms with E-state index in [-0.39, 0.29) is 6.04 Å². The molecule has 0 rings (SSSR count). The van der Waals surface area contributed by atoms with Crippen molar-refractivity contribution in [3.8, 4) is 0 Å². The van der Waals surface area contributed by atoms with E-state index >= 15 is 0 Å². The van der Waals surface area contributed by atoms with E-state index in [1.807, 2.05) is 13.8 Å². The molecular weight excluding hydrogens is 224 g/mol. The van der Waals surface area contributed by atoms with Crippen LogP contribution in [0.5, 0.6) is 0 Å². The average Bonchev–Trinajstić information content (AvgIpc) is 2.23. The number of aliphatic carboxylic acids is 1. The molecule has 0 aromatic rings. The first-order valence-electron chi connectivity index (χ1n) is 5.75. The molecule has 0 saturated heterocycles. The monoisotopic (exact) mass is 246 g/mol. The van der Waals surface area contributed by atoms with Crippen molar-refractivity contribution in [2.45, 2.75) is 51.8 Å². The van der Waals surface area contributed by atoms with Gasteiger partial charge in [0.1, 0.15) is 0 Å². The molecule has 0 saturated carbocycles. The minimum absolute atomic E-state index is 0.0310. The molecule has 1 unspecified atom stereocenters. The maximum Gasteiger partial charge on any atom is 0.328 e. The summed E-state index contributed by atoms with van der Waals surface area (Å²) in [6.45, 7) is 5.23. The molecule has 6 heteroatoms. The van der Waals surface area contributed by atoms with Gasteiger partial charge in [0, 0.05) is 13.1 Å². The molecule has 0 heterocycles. The predicted octanol–water partition coefficient (Wildman–Crippen LogP) is 0.650. The summed E-state index contributed by atoms with van der Waals surface area (Å²) < 4.78 is 0. The SMILES string of the molecule is CCCC(C)N(C)C(=O)N[C@H](C(=O)O)[C@@H](C)O. The van der Waals surface area contributed by atoms with Crippen LogP contribution < -0.4 is 5.32 Å². The minimum atomic E-state index is -1.28. The molecule has 0 spiro atoms. The Balaban J connectivity index is 4.45. The van der Waals surface area contributed by atoms with Crippen molar-refractivity contribution >= 4 is 12.0 Å². The number of carbonyl (C=O) groups is 2. The minimum Gasteiger partial charge on any atom is -0.480 e. The van der Waals surface area contributed by atoms with Crippen LogP contribution in [0.1, 0.15) is 33.6 Å². The first kappa shape index (κ1) is 15.7. The Labute approximate surface area is 102 Å². The lowest BCUT2D eigenvalue weighted by atomic mass is 10.1. The number of urea groups is 1. The summed E-state index contributed by atoms with van der Waals surface area (Å²) in [6.07, 6.45) is 0.653. The number of nitrogens with one attached hydrogen (secondary N) is 1. The Hall–Kier alpha value is -1.30. The van der Waals surface area contributed by atoms with Crippen LogP contribution in [0.3, 0.4) is 0 Å². The predicted molar refractivity (Wildman–Crippen MR) is 63.8 cm³/mol. The fraction of sp³-hybridized carbons (Fsp3) is 0.818. The zero-order chi connectivity index (χ0) is 13.6. The van der Waals surface area contributed by atoms with E-state index in [0.29, 0.717) is 0 Å². The maximum absolute atomic E-state index is 11.7. The summed E-state index contributed by atoms with van der Waals surface area (Å²) in [4.78, 5) is 24.0.